The van der Waals surface area contributed by atoms with E-state index in [0.717, 1.165) is 6.20 Å². The Hall–Kier alpha value is -1.54. The van der Waals surface area contributed by atoms with Crippen LogP contribution in [0.25, 0.3) is 0 Å². The second kappa shape index (κ2) is 4.80. The number of nitrogens with zero attached hydrogens (tertiary/aromatic N) is 2. The maximum absolute atomic E-state index is 12.6. The van der Waals surface area contributed by atoms with Gasteiger partial charge in [-0.1, -0.05) is 0 Å². The number of halogens is 2. The molecule has 0 saturated carbocycles. The molecule has 0 aromatic carbocycles. The van der Waals surface area contributed by atoms with Crippen LogP contribution in [0.2, 0.25) is 0 Å². The third-order valence-electron chi connectivity index (χ3n) is 2.24. The highest BCUT2D eigenvalue weighted by Gasteiger charge is 2.17. The zero-order valence-corrected chi connectivity index (χ0v) is 8.30. The van der Waals surface area contributed by atoms with Crippen LogP contribution in [-0.2, 0) is 13.0 Å². The molecule has 0 atom stereocenters. The van der Waals surface area contributed by atoms with Crippen molar-refractivity contribution in [1.29, 1.82) is 5.26 Å². The maximum atomic E-state index is 12.6. The van der Waals surface area contributed by atoms with Crippen molar-refractivity contribution in [2.45, 2.75) is 26.3 Å². The van der Waals surface area contributed by atoms with Crippen LogP contribution in [0.5, 0.6) is 0 Å². The number of hydrogen-bond acceptors (Lipinski definition) is 3. The van der Waals surface area contributed by atoms with Crippen LogP contribution in [-0.4, -0.2) is 4.98 Å². The van der Waals surface area contributed by atoms with Gasteiger partial charge in [0.25, 0.3) is 6.43 Å². The molecule has 0 saturated heterocycles. The topological polar surface area (TPSA) is 62.7 Å². The van der Waals surface area contributed by atoms with E-state index in [4.69, 9.17) is 11.0 Å². The molecule has 0 bridgehead atoms. The number of hydrogen-bond donors (Lipinski definition) is 1. The molecular weight excluding hydrogens is 200 g/mol. The standard InChI is InChI=1S/C10H11F2N3/c1-6-8(4-14)7(2-3-13)9(5-15-6)10(11)12/h5,10H,2,4,14H2,1H3. The van der Waals surface area contributed by atoms with Gasteiger partial charge in [-0.05, 0) is 18.1 Å². The summed E-state index contributed by atoms with van der Waals surface area (Å²) >= 11 is 0. The van der Waals surface area contributed by atoms with Crippen molar-refractivity contribution in [2.75, 3.05) is 0 Å². The fourth-order valence-corrected chi connectivity index (χ4v) is 1.46. The number of rotatable bonds is 3. The number of aryl methyl sites for hydroxylation is 1. The number of aromatic nitrogens is 1. The first-order valence-electron chi connectivity index (χ1n) is 4.44. The molecule has 0 fully saturated rings. The molecule has 0 radical (unpaired) electrons. The Morgan fingerprint density at radius 1 is 1.53 bits per heavy atom. The molecule has 1 aromatic rings. The summed E-state index contributed by atoms with van der Waals surface area (Å²) in [7, 11) is 0. The van der Waals surface area contributed by atoms with Crippen LogP contribution in [0, 0.1) is 18.3 Å². The minimum Gasteiger partial charge on any atom is -0.326 e. The highest BCUT2D eigenvalue weighted by molar-refractivity contribution is 5.38. The molecule has 1 heterocycles. The molecule has 0 aliphatic heterocycles. The Labute approximate surface area is 86.5 Å². The lowest BCUT2D eigenvalue weighted by molar-refractivity contribution is 0.150. The van der Waals surface area contributed by atoms with Crippen LogP contribution in [0.4, 0.5) is 8.78 Å². The van der Waals surface area contributed by atoms with E-state index in [-0.39, 0.29) is 18.5 Å². The highest BCUT2D eigenvalue weighted by atomic mass is 19.3. The fraction of sp³-hybridized carbons (Fsp3) is 0.400. The Balaban J connectivity index is 3.36. The monoisotopic (exact) mass is 211 g/mol. The van der Waals surface area contributed by atoms with E-state index in [9.17, 15) is 8.78 Å². The lowest BCUT2D eigenvalue weighted by Gasteiger charge is -2.12. The molecule has 5 heteroatoms. The van der Waals surface area contributed by atoms with Gasteiger partial charge in [0.1, 0.15) is 0 Å². The van der Waals surface area contributed by atoms with Gasteiger partial charge < -0.3 is 5.73 Å². The third-order valence-corrected chi connectivity index (χ3v) is 2.24. The minimum absolute atomic E-state index is 0.0600. The van der Waals surface area contributed by atoms with Crippen molar-refractivity contribution in [1.82, 2.24) is 4.98 Å². The number of nitrogens with two attached hydrogens (primary N) is 1. The third kappa shape index (κ3) is 2.28. The smallest absolute Gasteiger partial charge is 0.265 e. The van der Waals surface area contributed by atoms with Gasteiger partial charge in [0, 0.05) is 24.0 Å². The van der Waals surface area contributed by atoms with Gasteiger partial charge in [0.05, 0.1) is 12.5 Å². The van der Waals surface area contributed by atoms with Crippen LogP contribution in [0.15, 0.2) is 6.20 Å². The van der Waals surface area contributed by atoms with Crippen molar-refractivity contribution < 1.29 is 8.78 Å². The molecule has 0 amide bonds. The van der Waals surface area contributed by atoms with Gasteiger partial charge in [-0.3, -0.25) is 4.98 Å². The molecule has 0 spiro atoms. The molecule has 0 aliphatic carbocycles. The summed E-state index contributed by atoms with van der Waals surface area (Å²) in [5.41, 5.74) is 6.74. The van der Waals surface area contributed by atoms with Crippen molar-refractivity contribution in [3.8, 4) is 6.07 Å². The second-order valence-electron chi connectivity index (χ2n) is 3.10. The molecule has 1 aromatic heterocycles. The van der Waals surface area contributed by atoms with Crippen LogP contribution in [0.1, 0.15) is 28.8 Å². The molecular formula is C10H11F2N3. The molecule has 15 heavy (non-hydrogen) atoms. The van der Waals surface area contributed by atoms with Crippen LogP contribution < -0.4 is 5.73 Å². The van der Waals surface area contributed by atoms with Gasteiger partial charge in [0.2, 0.25) is 0 Å². The average Bonchev–Trinajstić information content (AvgIpc) is 2.18. The number of alkyl halides is 2. The van der Waals surface area contributed by atoms with Crippen molar-refractivity contribution in [3.05, 3.63) is 28.6 Å². The Morgan fingerprint density at radius 3 is 2.67 bits per heavy atom. The van der Waals surface area contributed by atoms with Gasteiger partial charge >= 0.3 is 0 Å². The lowest BCUT2D eigenvalue weighted by atomic mass is 9.99. The fourth-order valence-electron chi connectivity index (χ4n) is 1.46. The van der Waals surface area contributed by atoms with Crippen LogP contribution >= 0.6 is 0 Å². The molecule has 0 aliphatic rings. The zero-order chi connectivity index (χ0) is 11.4. The average molecular weight is 211 g/mol. The van der Waals surface area contributed by atoms with E-state index in [1.165, 1.54) is 0 Å². The van der Waals surface area contributed by atoms with E-state index in [1.54, 1.807) is 6.92 Å². The molecule has 0 unspecified atom stereocenters. The second-order valence-corrected chi connectivity index (χ2v) is 3.10. The minimum atomic E-state index is -2.62. The molecule has 3 nitrogen and oxygen atoms in total. The van der Waals surface area contributed by atoms with E-state index >= 15 is 0 Å². The summed E-state index contributed by atoms with van der Waals surface area (Å²) in [6.07, 6.45) is -1.56. The molecule has 80 valence electrons. The number of pyridine rings is 1. The highest BCUT2D eigenvalue weighted by Crippen LogP contribution is 2.26. The van der Waals surface area contributed by atoms with Gasteiger partial charge in [0.15, 0.2) is 0 Å². The van der Waals surface area contributed by atoms with Crippen LogP contribution in [0.3, 0.4) is 0 Å². The zero-order valence-electron chi connectivity index (χ0n) is 8.30. The summed E-state index contributed by atoms with van der Waals surface area (Å²) in [6.45, 7) is 1.81. The quantitative estimate of drug-likeness (QED) is 0.829. The normalized spacial score (nSPS) is 10.4. The Morgan fingerprint density at radius 2 is 2.20 bits per heavy atom. The first-order chi connectivity index (χ1) is 7.11. The van der Waals surface area contributed by atoms with E-state index in [1.807, 2.05) is 6.07 Å². The van der Waals surface area contributed by atoms with Crippen molar-refractivity contribution in [3.63, 3.8) is 0 Å². The number of nitriles is 1. The molecule has 2 N–H and O–H groups in total. The summed E-state index contributed by atoms with van der Waals surface area (Å²) in [5, 5.41) is 8.58. The predicted octanol–water partition coefficient (Wildman–Crippen LogP) is 1.85. The maximum Gasteiger partial charge on any atom is 0.265 e. The lowest BCUT2D eigenvalue weighted by Crippen LogP contribution is -2.09. The van der Waals surface area contributed by atoms with Gasteiger partial charge in [-0.2, -0.15) is 5.26 Å². The first kappa shape index (κ1) is 11.5. The van der Waals surface area contributed by atoms with E-state index < -0.39 is 6.43 Å². The Kier molecular flexibility index (Phi) is 3.69. The summed E-state index contributed by atoms with van der Waals surface area (Å²) in [4.78, 5) is 3.84. The van der Waals surface area contributed by atoms with Crippen molar-refractivity contribution >= 4 is 0 Å². The Bertz CT molecular complexity index is 396. The first-order valence-corrected chi connectivity index (χ1v) is 4.44. The van der Waals surface area contributed by atoms with Gasteiger partial charge in [-0.25, -0.2) is 8.78 Å². The van der Waals surface area contributed by atoms with E-state index in [2.05, 4.69) is 4.98 Å². The SMILES string of the molecule is Cc1ncc(C(F)F)c(CC#N)c1CN. The predicted molar refractivity (Wildman–Crippen MR) is 51.1 cm³/mol. The largest absolute Gasteiger partial charge is 0.326 e. The van der Waals surface area contributed by atoms with Gasteiger partial charge in [-0.15, -0.1) is 0 Å². The summed E-state index contributed by atoms with van der Waals surface area (Å²) in [5.74, 6) is 0. The summed E-state index contributed by atoms with van der Waals surface area (Å²) in [6, 6.07) is 1.86. The molecule has 1 rings (SSSR count). The van der Waals surface area contributed by atoms with Crippen molar-refractivity contribution in [2.24, 2.45) is 5.73 Å². The summed E-state index contributed by atoms with van der Waals surface area (Å²) < 4.78 is 25.2. The van der Waals surface area contributed by atoms with E-state index in [0.29, 0.717) is 16.8 Å².